The molecule has 2 N–H and O–H groups in total. The van der Waals surface area contributed by atoms with Gasteiger partial charge in [0, 0.05) is 17.7 Å². The molecule has 1 aromatic rings. The lowest BCUT2D eigenvalue weighted by atomic mass is 9.82. The predicted molar refractivity (Wildman–Crippen MR) is 110 cm³/mol. The number of hydrogen-bond acceptors (Lipinski definition) is 2. The first-order valence-electron chi connectivity index (χ1n) is 8.78. The lowest BCUT2D eigenvalue weighted by Gasteiger charge is -2.32. The van der Waals surface area contributed by atoms with Crippen LogP contribution in [0.15, 0.2) is 55.1 Å². The quantitative estimate of drug-likeness (QED) is 0.741. The fraction of sp³-hybridized carbons (Fsp3) is 0.455. The molecule has 0 fully saturated rings. The molecular formula is C22H34N2O2. The minimum absolute atomic E-state index is 0.0937. The molecular weight excluding hydrogens is 324 g/mol. The number of amides is 2. The number of nitrogens with one attached hydrogen (secondary N) is 2. The van der Waals surface area contributed by atoms with Crippen molar-refractivity contribution in [1.29, 1.82) is 0 Å². The fourth-order valence-electron chi connectivity index (χ4n) is 2.68. The summed E-state index contributed by atoms with van der Waals surface area (Å²) in [6.07, 6.45) is 2.25. The summed E-state index contributed by atoms with van der Waals surface area (Å²) in [4.78, 5) is 22.2. The van der Waals surface area contributed by atoms with Crippen LogP contribution in [0.1, 0.15) is 53.5 Å². The summed E-state index contributed by atoms with van der Waals surface area (Å²) in [6.45, 7) is 19.8. The summed E-state index contributed by atoms with van der Waals surface area (Å²) >= 11 is 0. The van der Waals surface area contributed by atoms with E-state index in [1.165, 1.54) is 6.08 Å². The highest BCUT2D eigenvalue weighted by atomic mass is 16.2. The molecule has 0 aliphatic carbocycles. The van der Waals surface area contributed by atoms with Gasteiger partial charge in [0.05, 0.1) is 0 Å². The average Bonchev–Trinajstić information content (AvgIpc) is 2.51. The number of carbonyl (C=O) groups excluding carboxylic acids is 2. The Balaban J connectivity index is 0.000000481. The van der Waals surface area contributed by atoms with Gasteiger partial charge in [-0.05, 0) is 44.2 Å². The fourth-order valence-corrected chi connectivity index (χ4v) is 2.68. The number of hydrogen-bond donors (Lipinski definition) is 2. The van der Waals surface area contributed by atoms with E-state index in [2.05, 4.69) is 44.6 Å². The average molecular weight is 359 g/mol. The van der Waals surface area contributed by atoms with Crippen molar-refractivity contribution >= 4 is 11.8 Å². The van der Waals surface area contributed by atoms with E-state index in [-0.39, 0.29) is 22.8 Å². The van der Waals surface area contributed by atoms with Crippen LogP contribution in [0.2, 0.25) is 0 Å². The third-order valence-corrected chi connectivity index (χ3v) is 3.30. The van der Waals surface area contributed by atoms with E-state index >= 15 is 0 Å². The molecule has 1 rings (SSSR count). The molecule has 26 heavy (non-hydrogen) atoms. The van der Waals surface area contributed by atoms with Gasteiger partial charge < -0.3 is 10.6 Å². The van der Waals surface area contributed by atoms with Crippen molar-refractivity contribution in [3.63, 3.8) is 0 Å². The van der Waals surface area contributed by atoms with Crippen molar-refractivity contribution < 1.29 is 9.59 Å². The normalized spacial score (nSPS) is 10.8. The maximum atomic E-state index is 11.1. The van der Waals surface area contributed by atoms with E-state index in [4.69, 9.17) is 0 Å². The summed E-state index contributed by atoms with van der Waals surface area (Å²) in [5.74, 6) is -0.196. The van der Waals surface area contributed by atoms with Crippen LogP contribution < -0.4 is 10.6 Å². The molecule has 0 spiro atoms. The molecule has 0 atom stereocenters. The van der Waals surface area contributed by atoms with E-state index in [0.717, 1.165) is 12.0 Å². The standard InChI is InChI=1S/C11H13NO.C11H21NO/c1-9(2)11(13)12-8-10-6-4-3-5-7-10;1-7-9(13)12-11(5,6)8-10(2,3)4/h3-7H,1,8H2,2H3,(H,12,13);7H,1,8H2,2-6H3,(H,12,13). The molecule has 0 unspecified atom stereocenters. The van der Waals surface area contributed by atoms with Gasteiger partial charge in [-0.3, -0.25) is 9.59 Å². The number of benzene rings is 1. The van der Waals surface area contributed by atoms with Crippen LogP contribution in [-0.2, 0) is 16.1 Å². The second-order valence-electron chi connectivity index (χ2n) is 8.26. The Kier molecular flexibility index (Phi) is 9.63. The van der Waals surface area contributed by atoms with Gasteiger partial charge in [-0.2, -0.15) is 0 Å². The molecule has 144 valence electrons. The van der Waals surface area contributed by atoms with Crippen LogP contribution in [0.5, 0.6) is 0 Å². The Hall–Kier alpha value is -2.36. The Labute approximate surface area is 158 Å². The molecule has 1 aromatic carbocycles. The topological polar surface area (TPSA) is 58.2 Å². The van der Waals surface area contributed by atoms with Gasteiger partial charge in [-0.1, -0.05) is 64.3 Å². The van der Waals surface area contributed by atoms with Gasteiger partial charge in [0.1, 0.15) is 0 Å². The molecule has 0 aliphatic rings. The first-order valence-corrected chi connectivity index (χ1v) is 8.78. The van der Waals surface area contributed by atoms with Crippen LogP contribution in [0.25, 0.3) is 0 Å². The second-order valence-corrected chi connectivity index (χ2v) is 8.26. The summed E-state index contributed by atoms with van der Waals surface area (Å²) < 4.78 is 0. The van der Waals surface area contributed by atoms with Crippen LogP contribution in [0, 0.1) is 5.41 Å². The predicted octanol–water partition coefficient (Wildman–Crippen LogP) is 4.38. The maximum absolute atomic E-state index is 11.1. The van der Waals surface area contributed by atoms with Crippen molar-refractivity contribution in [3.8, 4) is 0 Å². The molecule has 0 heterocycles. The highest BCUT2D eigenvalue weighted by Gasteiger charge is 2.25. The van der Waals surface area contributed by atoms with Crippen molar-refractivity contribution in [2.24, 2.45) is 5.41 Å². The summed E-state index contributed by atoms with van der Waals surface area (Å²) in [7, 11) is 0. The molecule has 0 aromatic heterocycles. The van der Waals surface area contributed by atoms with Crippen molar-refractivity contribution in [2.75, 3.05) is 0 Å². The molecule has 0 saturated heterocycles. The van der Waals surface area contributed by atoms with Crippen LogP contribution in [0.4, 0.5) is 0 Å². The zero-order valence-electron chi connectivity index (χ0n) is 17.1. The first-order chi connectivity index (χ1) is 11.9. The van der Waals surface area contributed by atoms with Gasteiger partial charge in [-0.25, -0.2) is 0 Å². The summed E-state index contributed by atoms with van der Waals surface area (Å²) in [6, 6.07) is 9.78. The molecule has 0 saturated carbocycles. The summed E-state index contributed by atoms with van der Waals surface area (Å²) in [5, 5.41) is 5.67. The van der Waals surface area contributed by atoms with Gasteiger partial charge in [-0.15, -0.1) is 0 Å². The molecule has 4 nitrogen and oxygen atoms in total. The largest absolute Gasteiger partial charge is 0.348 e. The molecule has 0 aliphatic heterocycles. The minimum atomic E-state index is -0.163. The molecule has 2 amide bonds. The van der Waals surface area contributed by atoms with Crippen molar-refractivity contribution in [1.82, 2.24) is 10.6 Å². The first kappa shape index (κ1) is 23.6. The molecule has 0 radical (unpaired) electrons. The highest BCUT2D eigenvalue weighted by molar-refractivity contribution is 5.92. The van der Waals surface area contributed by atoms with E-state index in [1.54, 1.807) is 6.92 Å². The van der Waals surface area contributed by atoms with Crippen LogP contribution in [0.3, 0.4) is 0 Å². The highest BCUT2D eigenvalue weighted by Crippen LogP contribution is 2.26. The Morgan fingerprint density at radius 3 is 2.04 bits per heavy atom. The zero-order chi connectivity index (χ0) is 20.4. The SMILES string of the molecule is C=C(C)C(=O)NCc1ccccc1.C=CC(=O)NC(C)(C)CC(C)(C)C. The third-order valence-electron chi connectivity index (χ3n) is 3.30. The van der Waals surface area contributed by atoms with E-state index in [9.17, 15) is 9.59 Å². The lowest BCUT2D eigenvalue weighted by Crippen LogP contribution is -2.45. The van der Waals surface area contributed by atoms with Crippen LogP contribution >= 0.6 is 0 Å². The van der Waals surface area contributed by atoms with Gasteiger partial charge in [0.2, 0.25) is 11.8 Å². The maximum Gasteiger partial charge on any atom is 0.246 e. The summed E-state index contributed by atoms with van der Waals surface area (Å²) in [5.41, 5.74) is 1.69. The number of rotatable bonds is 6. The van der Waals surface area contributed by atoms with Crippen molar-refractivity contribution in [3.05, 3.63) is 60.7 Å². The Morgan fingerprint density at radius 1 is 1.08 bits per heavy atom. The van der Waals surface area contributed by atoms with Gasteiger partial charge in [0.15, 0.2) is 0 Å². The van der Waals surface area contributed by atoms with Crippen molar-refractivity contribution in [2.45, 2.75) is 60.0 Å². The molecule has 4 heteroatoms. The Bertz CT molecular complexity index is 611. The smallest absolute Gasteiger partial charge is 0.246 e. The van der Waals surface area contributed by atoms with E-state index < -0.39 is 0 Å². The minimum Gasteiger partial charge on any atom is -0.348 e. The van der Waals surface area contributed by atoms with Gasteiger partial charge in [0.25, 0.3) is 0 Å². The monoisotopic (exact) mass is 358 g/mol. The second kappa shape index (κ2) is 10.6. The molecule has 0 bridgehead atoms. The van der Waals surface area contributed by atoms with Gasteiger partial charge >= 0.3 is 0 Å². The number of carbonyl (C=O) groups is 2. The zero-order valence-corrected chi connectivity index (χ0v) is 17.1. The van der Waals surface area contributed by atoms with E-state index in [0.29, 0.717) is 12.1 Å². The Morgan fingerprint density at radius 2 is 1.62 bits per heavy atom. The van der Waals surface area contributed by atoms with E-state index in [1.807, 2.05) is 44.2 Å². The van der Waals surface area contributed by atoms with Crippen LogP contribution in [-0.4, -0.2) is 17.4 Å². The third kappa shape index (κ3) is 12.1. The lowest BCUT2D eigenvalue weighted by molar-refractivity contribution is -0.118.